The molecule has 0 unspecified atom stereocenters. The largest absolute Gasteiger partial charge is 0.497 e. The molecule has 1 saturated heterocycles. The Hall–Kier alpha value is -1.55. The number of ketones is 1. The molecular formula is C14H19NO3. The highest BCUT2D eigenvalue weighted by atomic mass is 16.5. The number of rotatable bonds is 4. The zero-order valence-corrected chi connectivity index (χ0v) is 10.6. The zero-order chi connectivity index (χ0) is 13.0. The fourth-order valence-corrected chi connectivity index (χ4v) is 2.23. The Morgan fingerprint density at radius 3 is 2.83 bits per heavy atom. The molecule has 0 saturated carbocycles. The number of hydrogen-bond donors (Lipinski definition) is 1. The molecule has 0 aromatic heterocycles. The average molecular weight is 249 g/mol. The lowest BCUT2D eigenvalue weighted by atomic mass is 9.91. The second-order valence-corrected chi connectivity index (χ2v) is 4.64. The molecule has 2 rings (SSSR count). The number of hydrogen-bond acceptors (Lipinski definition) is 4. The van der Waals surface area contributed by atoms with Crippen LogP contribution in [0.15, 0.2) is 18.2 Å². The van der Waals surface area contributed by atoms with Crippen LogP contribution >= 0.6 is 0 Å². The summed E-state index contributed by atoms with van der Waals surface area (Å²) < 4.78 is 10.4. The van der Waals surface area contributed by atoms with Gasteiger partial charge < -0.3 is 15.2 Å². The van der Waals surface area contributed by atoms with Crippen LogP contribution in [0.5, 0.6) is 5.75 Å². The van der Waals surface area contributed by atoms with Crippen molar-refractivity contribution >= 4 is 11.5 Å². The van der Waals surface area contributed by atoms with E-state index < -0.39 is 0 Å². The smallest absolute Gasteiger partial charge is 0.165 e. The summed E-state index contributed by atoms with van der Waals surface area (Å²) in [5, 5.41) is 0. The quantitative estimate of drug-likeness (QED) is 0.657. The van der Waals surface area contributed by atoms with Crippen molar-refractivity contribution in [3.8, 4) is 5.75 Å². The first kappa shape index (κ1) is 12.9. The Morgan fingerprint density at radius 2 is 2.17 bits per heavy atom. The summed E-state index contributed by atoms with van der Waals surface area (Å²) in [5.74, 6) is 1.18. The van der Waals surface area contributed by atoms with Gasteiger partial charge in [-0.05, 0) is 37.0 Å². The van der Waals surface area contributed by atoms with Crippen LogP contribution in [0.1, 0.15) is 29.6 Å². The van der Waals surface area contributed by atoms with E-state index in [0.717, 1.165) is 26.1 Å². The van der Waals surface area contributed by atoms with E-state index in [-0.39, 0.29) is 5.78 Å². The molecule has 0 amide bonds. The van der Waals surface area contributed by atoms with Crippen LogP contribution in [0.4, 0.5) is 5.69 Å². The van der Waals surface area contributed by atoms with E-state index in [1.54, 1.807) is 25.3 Å². The maximum Gasteiger partial charge on any atom is 0.165 e. The number of carbonyl (C=O) groups is 1. The van der Waals surface area contributed by atoms with Crippen molar-refractivity contribution in [1.82, 2.24) is 0 Å². The molecule has 4 heteroatoms. The Morgan fingerprint density at radius 1 is 1.44 bits per heavy atom. The molecule has 0 bridgehead atoms. The SMILES string of the molecule is COc1ccc(N)c(C(=O)CC2CCOCC2)c1. The van der Waals surface area contributed by atoms with Crippen LogP contribution < -0.4 is 10.5 Å². The van der Waals surface area contributed by atoms with Crippen molar-refractivity contribution in [2.75, 3.05) is 26.1 Å². The van der Waals surface area contributed by atoms with Crippen molar-refractivity contribution in [3.63, 3.8) is 0 Å². The number of nitrogen functional groups attached to an aromatic ring is 1. The second kappa shape index (κ2) is 5.87. The molecule has 1 aliphatic rings. The summed E-state index contributed by atoms with van der Waals surface area (Å²) in [6.07, 6.45) is 2.45. The molecule has 2 N–H and O–H groups in total. The van der Waals surface area contributed by atoms with Crippen LogP contribution in [0, 0.1) is 5.92 Å². The third kappa shape index (κ3) is 3.01. The molecule has 4 nitrogen and oxygen atoms in total. The Kier molecular flexibility index (Phi) is 4.20. The number of anilines is 1. The van der Waals surface area contributed by atoms with Gasteiger partial charge in [-0.2, -0.15) is 0 Å². The number of carbonyl (C=O) groups excluding carboxylic acids is 1. The highest BCUT2D eigenvalue weighted by Gasteiger charge is 2.20. The second-order valence-electron chi connectivity index (χ2n) is 4.64. The van der Waals surface area contributed by atoms with Gasteiger partial charge in [-0.3, -0.25) is 4.79 Å². The van der Waals surface area contributed by atoms with E-state index in [1.807, 2.05) is 0 Å². The van der Waals surface area contributed by atoms with Crippen molar-refractivity contribution < 1.29 is 14.3 Å². The van der Waals surface area contributed by atoms with E-state index in [1.165, 1.54) is 0 Å². The standard InChI is InChI=1S/C14H19NO3/c1-17-11-2-3-13(15)12(9-11)14(16)8-10-4-6-18-7-5-10/h2-3,9-10H,4-8,15H2,1H3. The van der Waals surface area contributed by atoms with Gasteiger partial charge in [-0.1, -0.05) is 0 Å². The summed E-state index contributed by atoms with van der Waals surface area (Å²) in [6.45, 7) is 1.51. The molecular weight excluding hydrogens is 230 g/mol. The van der Waals surface area contributed by atoms with Crippen molar-refractivity contribution in [3.05, 3.63) is 23.8 Å². The van der Waals surface area contributed by atoms with Gasteiger partial charge in [0.1, 0.15) is 5.75 Å². The van der Waals surface area contributed by atoms with Gasteiger partial charge in [-0.15, -0.1) is 0 Å². The fraction of sp³-hybridized carbons (Fsp3) is 0.500. The lowest BCUT2D eigenvalue weighted by Crippen LogP contribution is -2.19. The van der Waals surface area contributed by atoms with Gasteiger partial charge in [-0.25, -0.2) is 0 Å². The van der Waals surface area contributed by atoms with Gasteiger partial charge in [0.2, 0.25) is 0 Å². The number of benzene rings is 1. The van der Waals surface area contributed by atoms with Crippen LogP contribution in [0.25, 0.3) is 0 Å². The van der Waals surface area contributed by atoms with Gasteiger partial charge in [0, 0.05) is 30.9 Å². The maximum atomic E-state index is 12.2. The first-order valence-electron chi connectivity index (χ1n) is 6.25. The fourth-order valence-electron chi connectivity index (χ4n) is 2.23. The number of nitrogens with two attached hydrogens (primary N) is 1. The summed E-state index contributed by atoms with van der Waals surface area (Å²) in [4.78, 5) is 12.2. The van der Waals surface area contributed by atoms with Crippen LogP contribution in [0.2, 0.25) is 0 Å². The maximum absolute atomic E-state index is 12.2. The van der Waals surface area contributed by atoms with E-state index >= 15 is 0 Å². The summed E-state index contributed by atoms with van der Waals surface area (Å²) in [6, 6.07) is 5.20. The number of ether oxygens (including phenoxy) is 2. The normalized spacial score (nSPS) is 16.5. The molecule has 1 heterocycles. The first-order chi connectivity index (χ1) is 8.70. The van der Waals surface area contributed by atoms with Gasteiger partial charge in [0.25, 0.3) is 0 Å². The molecule has 1 fully saturated rings. The predicted molar refractivity (Wildman–Crippen MR) is 69.9 cm³/mol. The van der Waals surface area contributed by atoms with Gasteiger partial charge in [0.05, 0.1) is 7.11 Å². The minimum atomic E-state index is 0.0956. The van der Waals surface area contributed by atoms with Crippen LogP contribution in [-0.4, -0.2) is 26.1 Å². The Labute approximate surface area is 107 Å². The van der Waals surface area contributed by atoms with Gasteiger partial charge in [0.15, 0.2) is 5.78 Å². The van der Waals surface area contributed by atoms with Gasteiger partial charge >= 0.3 is 0 Å². The Bertz CT molecular complexity index is 425. The van der Waals surface area contributed by atoms with Crippen molar-refractivity contribution in [1.29, 1.82) is 0 Å². The minimum absolute atomic E-state index is 0.0956. The Balaban J connectivity index is 2.07. The van der Waals surface area contributed by atoms with E-state index in [4.69, 9.17) is 15.2 Å². The lowest BCUT2D eigenvalue weighted by molar-refractivity contribution is 0.0601. The number of methoxy groups -OCH3 is 1. The van der Waals surface area contributed by atoms with E-state index in [0.29, 0.717) is 29.3 Å². The molecule has 0 radical (unpaired) electrons. The molecule has 18 heavy (non-hydrogen) atoms. The summed E-state index contributed by atoms with van der Waals surface area (Å²) in [5.41, 5.74) is 6.94. The topological polar surface area (TPSA) is 61.5 Å². The summed E-state index contributed by atoms with van der Waals surface area (Å²) in [7, 11) is 1.58. The predicted octanol–water partition coefficient (Wildman–Crippen LogP) is 2.28. The molecule has 0 spiro atoms. The molecule has 0 atom stereocenters. The third-order valence-electron chi connectivity index (χ3n) is 3.38. The lowest BCUT2D eigenvalue weighted by Gasteiger charge is -2.21. The highest BCUT2D eigenvalue weighted by Crippen LogP contribution is 2.25. The highest BCUT2D eigenvalue weighted by molar-refractivity contribution is 6.01. The van der Waals surface area contributed by atoms with E-state index in [9.17, 15) is 4.79 Å². The first-order valence-corrected chi connectivity index (χ1v) is 6.25. The zero-order valence-electron chi connectivity index (χ0n) is 10.6. The molecule has 1 aromatic carbocycles. The molecule has 1 aliphatic heterocycles. The van der Waals surface area contributed by atoms with Crippen molar-refractivity contribution in [2.45, 2.75) is 19.3 Å². The molecule has 98 valence electrons. The van der Waals surface area contributed by atoms with Crippen LogP contribution in [-0.2, 0) is 4.74 Å². The minimum Gasteiger partial charge on any atom is -0.497 e. The van der Waals surface area contributed by atoms with Crippen LogP contribution in [0.3, 0.4) is 0 Å². The average Bonchev–Trinajstić information content (AvgIpc) is 2.40. The summed E-state index contributed by atoms with van der Waals surface area (Å²) >= 11 is 0. The molecule has 1 aromatic rings. The molecule has 0 aliphatic carbocycles. The number of Topliss-reactive ketones (excluding diaryl/α,β-unsaturated/α-hetero) is 1. The van der Waals surface area contributed by atoms with Crippen molar-refractivity contribution in [2.24, 2.45) is 5.92 Å². The van der Waals surface area contributed by atoms with E-state index in [2.05, 4.69) is 0 Å². The monoisotopic (exact) mass is 249 g/mol. The third-order valence-corrected chi connectivity index (χ3v) is 3.38.